The van der Waals surface area contributed by atoms with Gasteiger partial charge in [-0.1, -0.05) is 11.6 Å². The molecule has 0 aliphatic carbocycles. The summed E-state index contributed by atoms with van der Waals surface area (Å²) >= 11 is 7.59. The fourth-order valence-electron chi connectivity index (χ4n) is 4.19. The Hall–Kier alpha value is -1.49. The van der Waals surface area contributed by atoms with E-state index in [0.717, 1.165) is 24.0 Å². The largest absolute Gasteiger partial charge is 0.373 e. The molecule has 32 heavy (non-hydrogen) atoms. The summed E-state index contributed by atoms with van der Waals surface area (Å²) in [7, 11) is -3.62. The minimum Gasteiger partial charge on any atom is -0.373 e. The molecule has 4 rings (SSSR count). The van der Waals surface area contributed by atoms with Gasteiger partial charge in [-0.3, -0.25) is 9.69 Å². The number of rotatable bonds is 5. The molecule has 2 saturated heterocycles. The van der Waals surface area contributed by atoms with E-state index in [1.165, 1.54) is 21.3 Å². The number of hydrogen-bond acceptors (Lipinski definition) is 6. The first-order valence-corrected chi connectivity index (χ1v) is 13.4. The van der Waals surface area contributed by atoms with Gasteiger partial charge in [0.1, 0.15) is 0 Å². The lowest BCUT2D eigenvalue weighted by atomic mass is 10.2. The highest BCUT2D eigenvalue weighted by Gasteiger charge is 2.32. The number of hydrogen-bond donors (Lipinski definition) is 0. The number of carbonyl (C=O) groups is 1. The summed E-state index contributed by atoms with van der Waals surface area (Å²) in [6, 6.07) is 10.2. The SMILES string of the molecule is C[C@@H]1CN(S(=O)(=O)c2ccc(C(=O)N3CCN(Cc4ccc(Cl)s4)CC3)cc2)C[C@H](C)O1. The zero-order valence-electron chi connectivity index (χ0n) is 18.2. The van der Waals surface area contributed by atoms with Crippen molar-refractivity contribution in [1.82, 2.24) is 14.1 Å². The lowest BCUT2D eigenvalue weighted by Crippen LogP contribution is -2.48. The molecule has 2 aliphatic heterocycles. The smallest absolute Gasteiger partial charge is 0.253 e. The second-order valence-electron chi connectivity index (χ2n) is 8.38. The van der Waals surface area contributed by atoms with Crippen molar-refractivity contribution in [2.75, 3.05) is 39.3 Å². The molecule has 0 radical (unpaired) electrons. The maximum Gasteiger partial charge on any atom is 0.253 e. The molecule has 2 fully saturated rings. The quantitative estimate of drug-likeness (QED) is 0.634. The van der Waals surface area contributed by atoms with Crippen molar-refractivity contribution >= 4 is 38.9 Å². The molecule has 1 aromatic carbocycles. The molecule has 2 aromatic rings. The maximum absolute atomic E-state index is 13.0. The third-order valence-corrected chi connectivity index (χ3v) is 8.85. The van der Waals surface area contributed by atoms with Gasteiger partial charge in [0.05, 0.1) is 21.4 Å². The Bertz CT molecular complexity index is 1040. The van der Waals surface area contributed by atoms with Gasteiger partial charge in [0.25, 0.3) is 5.91 Å². The molecular weight excluding hydrogens is 470 g/mol. The van der Waals surface area contributed by atoms with Crippen LogP contribution in [-0.2, 0) is 21.3 Å². The number of thiophene rings is 1. The fraction of sp³-hybridized carbons (Fsp3) is 0.500. The number of piperazine rings is 1. The van der Waals surface area contributed by atoms with Crippen LogP contribution in [0.5, 0.6) is 0 Å². The van der Waals surface area contributed by atoms with Gasteiger partial charge >= 0.3 is 0 Å². The molecule has 0 bridgehead atoms. The van der Waals surface area contributed by atoms with Crippen LogP contribution in [-0.4, -0.2) is 79.9 Å². The fourth-order valence-corrected chi connectivity index (χ4v) is 6.91. The van der Waals surface area contributed by atoms with Crippen molar-refractivity contribution < 1.29 is 17.9 Å². The van der Waals surface area contributed by atoms with Crippen molar-refractivity contribution in [2.45, 2.75) is 37.5 Å². The first-order chi connectivity index (χ1) is 15.2. The van der Waals surface area contributed by atoms with E-state index < -0.39 is 10.0 Å². The summed E-state index contributed by atoms with van der Waals surface area (Å²) in [5.41, 5.74) is 0.506. The zero-order valence-corrected chi connectivity index (χ0v) is 20.6. The van der Waals surface area contributed by atoms with Crippen LogP contribution in [0.25, 0.3) is 0 Å². The van der Waals surface area contributed by atoms with Gasteiger partial charge in [0.15, 0.2) is 0 Å². The van der Waals surface area contributed by atoms with Crippen LogP contribution in [0.1, 0.15) is 29.1 Å². The van der Waals surface area contributed by atoms with Crippen molar-refractivity contribution in [3.8, 4) is 0 Å². The van der Waals surface area contributed by atoms with E-state index in [9.17, 15) is 13.2 Å². The van der Waals surface area contributed by atoms with Crippen LogP contribution in [0, 0.1) is 0 Å². The van der Waals surface area contributed by atoms with Crippen LogP contribution < -0.4 is 0 Å². The highest BCUT2D eigenvalue weighted by Crippen LogP contribution is 2.24. The topological polar surface area (TPSA) is 70.2 Å². The normalized spacial score (nSPS) is 23.4. The third-order valence-electron chi connectivity index (χ3n) is 5.79. The molecule has 1 amide bonds. The molecule has 174 valence electrons. The van der Waals surface area contributed by atoms with E-state index in [1.54, 1.807) is 23.5 Å². The number of carbonyl (C=O) groups excluding carboxylic acids is 1. The average molecular weight is 498 g/mol. The number of morpholine rings is 1. The number of sulfonamides is 1. The number of halogens is 1. The summed E-state index contributed by atoms with van der Waals surface area (Å²) in [6.45, 7) is 8.10. The highest BCUT2D eigenvalue weighted by atomic mass is 35.5. The average Bonchev–Trinajstić information content (AvgIpc) is 3.17. The van der Waals surface area contributed by atoms with E-state index in [-0.39, 0.29) is 23.0 Å². The van der Waals surface area contributed by atoms with Crippen LogP contribution in [0.3, 0.4) is 0 Å². The molecule has 0 N–H and O–H groups in total. The molecular formula is C22H28ClN3O4S2. The van der Waals surface area contributed by atoms with Gasteiger partial charge in [-0.05, 0) is 50.2 Å². The molecule has 2 atom stereocenters. The molecule has 2 aliphatic rings. The first kappa shape index (κ1) is 23.7. The number of amides is 1. The van der Waals surface area contributed by atoms with Crippen LogP contribution in [0.2, 0.25) is 4.34 Å². The van der Waals surface area contributed by atoms with Crippen LogP contribution in [0.15, 0.2) is 41.3 Å². The first-order valence-electron chi connectivity index (χ1n) is 10.7. The van der Waals surface area contributed by atoms with E-state index in [4.69, 9.17) is 16.3 Å². The Morgan fingerprint density at radius 1 is 1.03 bits per heavy atom. The molecule has 10 heteroatoms. The number of nitrogens with zero attached hydrogens (tertiary/aromatic N) is 3. The van der Waals surface area contributed by atoms with Gasteiger partial charge in [-0.25, -0.2) is 8.42 Å². The summed E-state index contributed by atoms with van der Waals surface area (Å²) in [6.07, 6.45) is -0.297. The van der Waals surface area contributed by atoms with Crippen molar-refractivity contribution in [2.24, 2.45) is 0 Å². The lowest BCUT2D eigenvalue weighted by molar-refractivity contribution is -0.0440. The van der Waals surface area contributed by atoms with Crippen LogP contribution >= 0.6 is 22.9 Å². The van der Waals surface area contributed by atoms with Crippen molar-refractivity contribution in [3.63, 3.8) is 0 Å². The monoisotopic (exact) mass is 497 g/mol. The molecule has 1 aromatic heterocycles. The van der Waals surface area contributed by atoms with Gasteiger partial charge in [-0.15, -0.1) is 11.3 Å². The third kappa shape index (κ3) is 5.35. The zero-order chi connectivity index (χ0) is 22.9. The molecule has 0 saturated carbocycles. The predicted molar refractivity (Wildman–Crippen MR) is 126 cm³/mol. The van der Waals surface area contributed by atoms with Crippen LogP contribution in [0.4, 0.5) is 0 Å². The number of ether oxygens (including phenoxy) is 1. The van der Waals surface area contributed by atoms with Gasteiger partial charge in [0.2, 0.25) is 10.0 Å². The summed E-state index contributed by atoms with van der Waals surface area (Å²) < 4.78 is 33.9. The van der Waals surface area contributed by atoms with E-state index in [0.29, 0.717) is 31.7 Å². The standard InChI is InChI=1S/C22H28ClN3O4S2/c1-16-13-26(14-17(2)30-16)32(28,29)20-6-3-18(4-7-20)22(27)25-11-9-24(10-12-25)15-19-5-8-21(23)31-19/h3-8,16-17H,9-15H2,1-2H3/t16-,17+. The van der Waals surface area contributed by atoms with E-state index in [1.807, 2.05) is 30.9 Å². The number of benzene rings is 1. The highest BCUT2D eigenvalue weighted by molar-refractivity contribution is 7.89. The maximum atomic E-state index is 13.0. The lowest BCUT2D eigenvalue weighted by Gasteiger charge is -2.35. The summed E-state index contributed by atoms with van der Waals surface area (Å²) in [5.74, 6) is -0.0682. The van der Waals surface area contributed by atoms with Gasteiger partial charge in [0, 0.05) is 56.3 Å². The van der Waals surface area contributed by atoms with Gasteiger partial charge in [-0.2, -0.15) is 4.31 Å². The Balaban J connectivity index is 1.36. The minimum absolute atomic E-state index is 0.0682. The van der Waals surface area contributed by atoms with Crippen molar-refractivity contribution in [1.29, 1.82) is 0 Å². The second-order valence-corrected chi connectivity index (χ2v) is 12.1. The summed E-state index contributed by atoms with van der Waals surface area (Å²) in [5, 5.41) is 0. The Morgan fingerprint density at radius 3 is 2.22 bits per heavy atom. The molecule has 7 nitrogen and oxygen atoms in total. The Kier molecular flexibility index (Phi) is 7.24. The predicted octanol–water partition coefficient (Wildman–Crippen LogP) is 3.16. The minimum atomic E-state index is -3.62. The van der Waals surface area contributed by atoms with Crippen molar-refractivity contribution in [3.05, 3.63) is 51.2 Å². The molecule has 0 unspecified atom stereocenters. The Labute approximate surface area is 198 Å². The van der Waals surface area contributed by atoms with E-state index >= 15 is 0 Å². The van der Waals surface area contributed by atoms with Gasteiger partial charge < -0.3 is 9.64 Å². The Morgan fingerprint density at radius 2 is 1.66 bits per heavy atom. The summed E-state index contributed by atoms with van der Waals surface area (Å²) in [4.78, 5) is 18.5. The second kappa shape index (κ2) is 9.79. The molecule has 3 heterocycles. The van der Waals surface area contributed by atoms with E-state index in [2.05, 4.69) is 4.90 Å². The molecule has 0 spiro atoms.